The molecule has 0 radical (unpaired) electrons. The number of hydrogen-bond donors (Lipinski definition) is 0. The topological polar surface area (TPSA) is 9.72 Å². The average molecular weight is 217 g/mol. The number of nitrogens with zero attached hydrogens (tertiary/aromatic N) is 3. The van der Waals surface area contributed by atoms with Crippen LogP contribution in [0.2, 0.25) is 0 Å². The highest BCUT2D eigenvalue weighted by molar-refractivity contribution is 7.38. The molecular formula is C6H19N3Si3. The van der Waals surface area contributed by atoms with Gasteiger partial charge in [0.25, 0.3) is 0 Å². The van der Waals surface area contributed by atoms with Crippen LogP contribution in [0.4, 0.5) is 0 Å². The predicted octanol–water partition coefficient (Wildman–Crippen LogP) is -2.24. The van der Waals surface area contributed by atoms with E-state index in [1.54, 1.807) is 0 Å². The lowest BCUT2D eigenvalue weighted by Gasteiger charge is -2.19. The van der Waals surface area contributed by atoms with Gasteiger partial charge in [0.05, 0.1) is 0 Å². The minimum Gasteiger partial charge on any atom is -0.319 e. The molecule has 0 unspecified atom stereocenters. The molecule has 2 aliphatic rings. The summed E-state index contributed by atoms with van der Waals surface area (Å²) >= 11 is 0. The summed E-state index contributed by atoms with van der Waals surface area (Å²) in [6.45, 7) is 10.00. The fraction of sp³-hybridized carbons (Fsp3) is 1.00. The van der Waals surface area contributed by atoms with Crippen molar-refractivity contribution in [2.24, 2.45) is 0 Å². The summed E-state index contributed by atoms with van der Waals surface area (Å²) < 4.78 is 8.37. The molecule has 3 nitrogen and oxygen atoms in total. The van der Waals surface area contributed by atoms with E-state index >= 15 is 0 Å². The van der Waals surface area contributed by atoms with Gasteiger partial charge in [0.15, 0.2) is 0 Å². The van der Waals surface area contributed by atoms with E-state index < -0.39 is 0 Å². The zero-order valence-corrected chi connectivity index (χ0v) is 12.1. The molecule has 2 saturated heterocycles. The summed E-state index contributed by atoms with van der Waals surface area (Å²) in [6, 6.07) is 0. The van der Waals surface area contributed by atoms with Gasteiger partial charge in [-0.05, 0) is 13.1 Å². The third-order valence-corrected chi connectivity index (χ3v) is 21.0. The van der Waals surface area contributed by atoms with Crippen LogP contribution < -0.4 is 0 Å². The van der Waals surface area contributed by atoms with E-state index in [-0.39, 0.29) is 26.4 Å². The maximum absolute atomic E-state index is 2.85. The summed E-state index contributed by atoms with van der Waals surface area (Å²) in [7, 11) is 0.295. The SMILES string of the molecule is CCN1CN2CN(CC)[SiH2][SiH]2[SiH2]1. The summed E-state index contributed by atoms with van der Waals surface area (Å²) in [5.74, 6) is 0. The van der Waals surface area contributed by atoms with Crippen molar-refractivity contribution in [3.8, 4) is 0 Å². The van der Waals surface area contributed by atoms with Gasteiger partial charge < -0.3 is 13.7 Å². The molecule has 70 valence electrons. The van der Waals surface area contributed by atoms with Gasteiger partial charge >= 0.3 is 0 Å². The van der Waals surface area contributed by atoms with Gasteiger partial charge in [-0.2, -0.15) is 0 Å². The largest absolute Gasteiger partial charge is 0.319 e. The fourth-order valence-electron chi connectivity index (χ4n) is 2.25. The molecule has 0 bridgehead atoms. The van der Waals surface area contributed by atoms with Gasteiger partial charge in [0.2, 0.25) is 0 Å². The lowest BCUT2D eigenvalue weighted by atomic mass is 10.7. The first-order valence-electron chi connectivity index (χ1n) is 5.02. The number of hydrogen-bond acceptors (Lipinski definition) is 3. The lowest BCUT2D eigenvalue weighted by molar-refractivity contribution is 0.273. The third kappa shape index (κ3) is 1.59. The predicted molar refractivity (Wildman–Crippen MR) is 60.6 cm³/mol. The summed E-state index contributed by atoms with van der Waals surface area (Å²) in [5, 5.41) is 0. The average Bonchev–Trinajstić information content (AvgIpc) is 2.59. The first kappa shape index (κ1) is 9.10. The van der Waals surface area contributed by atoms with Crippen LogP contribution in [0, 0.1) is 0 Å². The second-order valence-corrected chi connectivity index (χ2v) is 19.7. The van der Waals surface area contributed by atoms with Gasteiger partial charge in [-0.1, -0.05) is 13.8 Å². The van der Waals surface area contributed by atoms with Crippen LogP contribution in [0.15, 0.2) is 0 Å². The first-order valence-corrected chi connectivity index (χ1v) is 13.3. The summed E-state index contributed by atoms with van der Waals surface area (Å²) in [6.07, 6.45) is 0. The Labute approximate surface area is 80.8 Å². The van der Waals surface area contributed by atoms with Crippen LogP contribution in [-0.2, 0) is 0 Å². The Morgan fingerprint density at radius 2 is 1.58 bits per heavy atom. The lowest BCUT2D eigenvalue weighted by Crippen LogP contribution is -2.38. The van der Waals surface area contributed by atoms with Crippen LogP contribution >= 0.6 is 0 Å². The van der Waals surface area contributed by atoms with E-state index in [0.717, 1.165) is 0 Å². The Balaban J connectivity index is 1.89. The first-order chi connectivity index (χ1) is 5.83. The molecule has 0 atom stereocenters. The Kier molecular flexibility index (Phi) is 2.82. The standard InChI is InChI=1S/C6H19N3Si3/c1-3-7-5-9-6-8(4-2)11-12(9)10-7/h12H,3-6,10-11H2,1-2H3. The highest BCUT2D eigenvalue weighted by Crippen LogP contribution is 2.13. The molecule has 2 aliphatic heterocycles. The minimum atomic E-state index is -0.231. The van der Waals surface area contributed by atoms with Gasteiger partial charge in [0, 0.05) is 13.3 Å². The molecule has 0 amide bonds. The van der Waals surface area contributed by atoms with Gasteiger partial charge in [0.1, 0.15) is 26.4 Å². The molecule has 0 aliphatic carbocycles. The number of rotatable bonds is 2. The molecule has 2 rings (SSSR count). The van der Waals surface area contributed by atoms with Crippen molar-refractivity contribution in [3.63, 3.8) is 0 Å². The molecule has 0 aromatic rings. The van der Waals surface area contributed by atoms with Crippen molar-refractivity contribution in [3.05, 3.63) is 0 Å². The van der Waals surface area contributed by atoms with Crippen molar-refractivity contribution in [2.75, 3.05) is 26.4 Å². The van der Waals surface area contributed by atoms with E-state index in [9.17, 15) is 0 Å². The molecule has 0 spiro atoms. The Morgan fingerprint density at radius 3 is 1.92 bits per heavy atom. The van der Waals surface area contributed by atoms with E-state index in [1.807, 2.05) is 0 Å². The Hall–Kier alpha value is 0.531. The van der Waals surface area contributed by atoms with Crippen LogP contribution in [-0.4, -0.2) is 66.5 Å². The molecule has 12 heavy (non-hydrogen) atoms. The van der Waals surface area contributed by atoms with E-state index in [2.05, 4.69) is 27.5 Å². The Morgan fingerprint density at radius 1 is 1.08 bits per heavy atom. The molecule has 0 saturated carbocycles. The van der Waals surface area contributed by atoms with E-state index in [4.69, 9.17) is 0 Å². The quantitative estimate of drug-likeness (QED) is 0.485. The normalized spacial score (nSPS) is 37.0. The fourth-order valence-corrected chi connectivity index (χ4v) is 23.2. The van der Waals surface area contributed by atoms with Gasteiger partial charge in [-0.25, -0.2) is 0 Å². The van der Waals surface area contributed by atoms with Crippen molar-refractivity contribution in [1.29, 1.82) is 0 Å². The second kappa shape index (κ2) is 3.72. The van der Waals surface area contributed by atoms with Crippen LogP contribution in [0.5, 0.6) is 0 Å². The second-order valence-electron chi connectivity index (χ2n) is 3.86. The molecule has 0 aromatic carbocycles. The van der Waals surface area contributed by atoms with Crippen molar-refractivity contribution >= 4 is 26.4 Å². The smallest absolute Gasteiger partial charge is 0.117 e. The van der Waals surface area contributed by atoms with E-state index in [0.29, 0.717) is 0 Å². The van der Waals surface area contributed by atoms with Crippen LogP contribution in [0.25, 0.3) is 0 Å². The van der Waals surface area contributed by atoms with Crippen molar-refractivity contribution in [1.82, 2.24) is 13.7 Å². The Bertz CT molecular complexity index is 138. The molecule has 2 fully saturated rings. The number of fused-ring (bicyclic) bond motifs is 1. The van der Waals surface area contributed by atoms with E-state index in [1.165, 1.54) is 26.4 Å². The molecular weight excluding hydrogens is 198 g/mol. The molecule has 6 heteroatoms. The van der Waals surface area contributed by atoms with Gasteiger partial charge in [-0.3, -0.25) is 0 Å². The van der Waals surface area contributed by atoms with Crippen molar-refractivity contribution in [2.45, 2.75) is 13.8 Å². The molecule has 2 heterocycles. The zero-order valence-electron chi connectivity index (χ0n) is 8.16. The van der Waals surface area contributed by atoms with Gasteiger partial charge in [-0.15, -0.1) is 0 Å². The molecule has 0 N–H and O–H groups in total. The summed E-state index contributed by atoms with van der Waals surface area (Å²) in [4.78, 5) is 0. The monoisotopic (exact) mass is 217 g/mol. The third-order valence-electron chi connectivity index (χ3n) is 3.11. The summed E-state index contributed by atoms with van der Waals surface area (Å²) in [5.41, 5.74) is 0. The maximum Gasteiger partial charge on any atom is 0.117 e. The van der Waals surface area contributed by atoms with Crippen LogP contribution in [0.3, 0.4) is 0 Å². The molecule has 0 aromatic heterocycles. The van der Waals surface area contributed by atoms with Crippen molar-refractivity contribution < 1.29 is 0 Å². The minimum absolute atomic E-state index is 0.231. The maximum atomic E-state index is 2.85. The highest BCUT2D eigenvalue weighted by Gasteiger charge is 2.38. The highest BCUT2D eigenvalue weighted by atomic mass is 29.6. The van der Waals surface area contributed by atoms with Crippen LogP contribution in [0.1, 0.15) is 13.8 Å². The zero-order chi connectivity index (χ0) is 8.55.